The molecule has 0 amide bonds. The van der Waals surface area contributed by atoms with E-state index >= 15 is 0 Å². The van der Waals surface area contributed by atoms with Gasteiger partial charge in [0.15, 0.2) is 0 Å². The van der Waals surface area contributed by atoms with E-state index in [0.717, 1.165) is 0 Å². The molecule has 1 aliphatic rings. The average molecular weight is 312 g/mol. The fourth-order valence-electron chi connectivity index (χ4n) is 1.94. The molecule has 0 aromatic carbocycles. The molecule has 0 aromatic rings. The van der Waals surface area contributed by atoms with Gasteiger partial charge in [0.1, 0.15) is 24.4 Å². The molecule has 7 N–H and O–H groups in total. The van der Waals surface area contributed by atoms with Gasteiger partial charge < -0.3 is 45.2 Å². The lowest BCUT2D eigenvalue weighted by Crippen LogP contribution is -2.63. The largest absolute Gasteiger partial charge is 0.477 e. The molecule has 124 valence electrons. The third-order valence-electron chi connectivity index (χ3n) is 3.15. The Morgan fingerprint density at radius 2 is 1.90 bits per heavy atom. The Hall–Kier alpha value is -0.850. The van der Waals surface area contributed by atoms with E-state index in [4.69, 9.17) is 19.7 Å². The minimum Gasteiger partial charge on any atom is -0.477 e. The number of rotatable bonds is 7. The van der Waals surface area contributed by atoms with Crippen LogP contribution >= 0.6 is 0 Å². The normalized spacial score (nSPS) is 36.2. The Bertz CT molecular complexity index is 350. The highest BCUT2D eigenvalue weighted by Gasteiger charge is 2.54. The molecular weight excluding hydrogens is 292 g/mol. The number of ether oxygens (including phenoxy) is 2. The summed E-state index contributed by atoms with van der Waals surface area (Å²) in [6, 6.07) is 0. The molecule has 1 saturated heterocycles. The van der Waals surface area contributed by atoms with Gasteiger partial charge in [0.25, 0.3) is 5.79 Å². The van der Waals surface area contributed by atoms with Crippen molar-refractivity contribution in [1.82, 2.24) is 0 Å². The minimum atomic E-state index is -2.42. The fraction of sp³-hybridized carbons (Fsp3) is 0.909. The topological polar surface area (TPSA) is 177 Å². The van der Waals surface area contributed by atoms with Crippen LogP contribution in [-0.2, 0) is 14.3 Å². The Balaban J connectivity index is 2.94. The van der Waals surface area contributed by atoms with Gasteiger partial charge in [0, 0.05) is 6.42 Å². The predicted molar refractivity (Wildman–Crippen MR) is 64.0 cm³/mol. The standard InChI is InChI=1S/C11H20O10/c12-2-5(14)4-20-11(10(18)19)1-6(15)8(17)9(21-11)7(16)3-13/h5-9,12-17H,1-4H2,(H,18,19)/t5?,6-,7-,8-,9-,11?/m1/s1. The second-order valence-corrected chi connectivity index (χ2v) is 4.80. The molecule has 1 rings (SSSR count). The lowest BCUT2D eigenvalue weighted by atomic mass is 9.92. The molecule has 1 heterocycles. The van der Waals surface area contributed by atoms with E-state index < -0.39 is 68.5 Å². The van der Waals surface area contributed by atoms with Crippen molar-refractivity contribution in [1.29, 1.82) is 0 Å². The summed E-state index contributed by atoms with van der Waals surface area (Å²) in [7, 11) is 0. The zero-order valence-corrected chi connectivity index (χ0v) is 11.1. The maximum Gasteiger partial charge on any atom is 0.364 e. The smallest absolute Gasteiger partial charge is 0.364 e. The van der Waals surface area contributed by atoms with Crippen LogP contribution in [0.3, 0.4) is 0 Å². The highest BCUT2D eigenvalue weighted by molar-refractivity contribution is 5.76. The SMILES string of the molecule is O=C(O)C1(OCC(O)CO)C[C@@H](O)[C@@H](O)[C@@H]([C@H](O)CO)O1. The highest BCUT2D eigenvalue weighted by Crippen LogP contribution is 2.32. The van der Waals surface area contributed by atoms with Crippen molar-refractivity contribution in [3.63, 3.8) is 0 Å². The first-order valence-electron chi connectivity index (χ1n) is 6.26. The van der Waals surface area contributed by atoms with Crippen LogP contribution in [0.4, 0.5) is 0 Å². The van der Waals surface area contributed by atoms with Crippen LogP contribution in [-0.4, -0.2) is 97.8 Å². The number of carboxylic acids is 1. The summed E-state index contributed by atoms with van der Waals surface area (Å²) in [5.41, 5.74) is 0. The molecule has 0 spiro atoms. The van der Waals surface area contributed by atoms with Crippen LogP contribution in [0.15, 0.2) is 0 Å². The molecule has 2 unspecified atom stereocenters. The van der Waals surface area contributed by atoms with E-state index in [9.17, 15) is 30.3 Å². The van der Waals surface area contributed by atoms with E-state index in [1.165, 1.54) is 0 Å². The number of carbonyl (C=O) groups is 1. The summed E-state index contributed by atoms with van der Waals surface area (Å²) in [4.78, 5) is 11.4. The molecule has 1 aliphatic heterocycles. The summed E-state index contributed by atoms with van der Waals surface area (Å²) in [5, 5.41) is 64.9. The Labute approximate surface area is 119 Å². The summed E-state index contributed by atoms with van der Waals surface area (Å²) in [5.74, 6) is -4.07. The van der Waals surface area contributed by atoms with Crippen molar-refractivity contribution in [3.05, 3.63) is 0 Å². The number of hydrogen-bond acceptors (Lipinski definition) is 9. The molecule has 10 nitrogen and oxygen atoms in total. The Kier molecular flexibility index (Phi) is 6.43. The summed E-state index contributed by atoms with van der Waals surface area (Å²) in [6.45, 7) is -2.11. The average Bonchev–Trinajstić information content (AvgIpc) is 2.46. The monoisotopic (exact) mass is 312 g/mol. The molecule has 21 heavy (non-hydrogen) atoms. The molecular formula is C11H20O10. The van der Waals surface area contributed by atoms with Gasteiger partial charge >= 0.3 is 5.97 Å². The van der Waals surface area contributed by atoms with Crippen molar-refractivity contribution in [3.8, 4) is 0 Å². The van der Waals surface area contributed by atoms with Crippen LogP contribution in [0.2, 0.25) is 0 Å². The second kappa shape index (κ2) is 7.42. The van der Waals surface area contributed by atoms with Gasteiger partial charge in [-0.3, -0.25) is 0 Å². The van der Waals surface area contributed by atoms with Gasteiger partial charge in [0.05, 0.1) is 25.9 Å². The number of aliphatic hydroxyl groups excluding tert-OH is 6. The maximum atomic E-state index is 11.4. The first kappa shape index (κ1) is 18.2. The third kappa shape index (κ3) is 4.08. The van der Waals surface area contributed by atoms with Gasteiger partial charge in [-0.05, 0) is 0 Å². The molecule has 10 heteroatoms. The lowest BCUT2D eigenvalue weighted by Gasteiger charge is -2.43. The molecule has 0 bridgehead atoms. The van der Waals surface area contributed by atoms with Crippen molar-refractivity contribution in [2.24, 2.45) is 0 Å². The summed E-state index contributed by atoms with van der Waals surface area (Å²) in [6.07, 6.45) is -8.47. The number of hydrogen-bond donors (Lipinski definition) is 7. The molecule has 0 aliphatic carbocycles. The van der Waals surface area contributed by atoms with E-state index in [-0.39, 0.29) is 0 Å². The minimum absolute atomic E-state index is 0.604. The van der Waals surface area contributed by atoms with Crippen molar-refractivity contribution >= 4 is 5.97 Å². The molecule has 0 radical (unpaired) electrons. The van der Waals surface area contributed by atoms with Crippen molar-refractivity contribution in [2.45, 2.75) is 42.7 Å². The quantitative estimate of drug-likeness (QED) is 0.245. The predicted octanol–water partition coefficient (Wildman–Crippen LogP) is -4.00. The van der Waals surface area contributed by atoms with Crippen molar-refractivity contribution < 1.29 is 50.0 Å². The number of carboxylic acid groups (broad SMARTS) is 1. The first-order chi connectivity index (χ1) is 9.77. The zero-order chi connectivity index (χ0) is 16.2. The maximum absolute atomic E-state index is 11.4. The van der Waals surface area contributed by atoms with Crippen LogP contribution in [0.25, 0.3) is 0 Å². The van der Waals surface area contributed by atoms with E-state index in [1.807, 2.05) is 0 Å². The van der Waals surface area contributed by atoms with E-state index in [1.54, 1.807) is 0 Å². The van der Waals surface area contributed by atoms with Crippen LogP contribution in [0.5, 0.6) is 0 Å². The molecule has 0 saturated carbocycles. The van der Waals surface area contributed by atoms with Gasteiger partial charge in [-0.2, -0.15) is 0 Å². The third-order valence-corrected chi connectivity index (χ3v) is 3.15. The van der Waals surface area contributed by atoms with Crippen LogP contribution < -0.4 is 0 Å². The Morgan fingerprint density at radius 3 is 2.38 bits per heavy atom. The Morgan fingerprint density at radius 1 is 1.29 bits per heavy atom. The lowest BCUT2D eigenvalue weighted by molar-refractivity contribution is -0.327. The van der Waals surface area contributed by atoms with Gasteiger partial charge in [-0.1, -0.05) is 0 Å². The van der Waals surface area contributed by atoms with Gasteiger partial charge in [-0.15, -0.1) is 0 Å². The zero-order valence-electron chi connectivity index (χ0n) is 11.1. The molecule has 0 aromatic heterocycles. The van der Waals surface area contributed by atoms with E-state index in [0.29, 0.717) is 0 Å². The van der Waals surface area contributed by atoms with Crippen LogP contribution in [0, 0.1) is 0 Å². The molecule has 1 fully saturated rings. The summed E-state index contributed by atoms with van der Waals surface area (Å²) >= 11 is 0. The number of aliphatic hydroxyl groups is 6. The highest BCUT2D eigenvalue weighted by atomic mass is 16.7. The number of aliphatic carboxylic acids is 1. The second-order valence-electron chi connectivity index (χ2n) is 4.80. The fourth-order valence-corrected chi connectivity index (χ4v) is 1.94. The first-order valence-corrected chi connectivity index (χ1v) is 6.26. The van der Waals surface area contributed by atoms with Gasteiger partial charge in [-0.25, -0.2) is 4.79 Å². The molecule has 6 atom stereocenters. The van der Waals surface area contributed by atoms with Crippen LogP contribution in [0.1, 0.15) is 6.42 Å². The van der Waals surface area contributed by atoms with Gasteiger partial charge in [0.2, 0.25) is 0 Å². The van der Waals surface area contributed by atoms with Crippen molar-refractivity contribution in [2.75, 3.05) is 19.8 Å². The summed E-state index contributed by atoms with van der Waals surface area (Å²) < 4.78 is 9.96. The van der Waals surface area contributed by atoms with E-state index in [2.05, 4.69) is 0 Å².